The van der Waals surface area contributed by atoms with E-state index in [2.05, 4.69) is 9.97 Å². The standard InChI is InChI=1S/C10H11F3N4OS/c11-10(12,13)5-17(2-3-18)7-6-1-4-19-8(6)16-9(14)15-7/h1,4,18H,2-3,5H2,(H2,14,15,16). The highest BCUT2D eigenvalue weighted by molar-refractivity contribution is 7.16. The normalized spacial score (nSPS) is 12.0. The molecule has 0 spiro atoms. The Labute approximate surface area is 110 Å². The fourth-order valence-electron chi connectivity index (χ4n) is 1.69. The van der Waals surface area contributed by atoms with E-state index in [-0.39, 0.29) is 18.3 Å². The van der Waals surface area contributed by atoms with Gasteiger partial charge in [-0.05, 0) is 11.4 Å². The van der Waals surface area contributed by atoms with Gasteiger partial charge >= 0.3 is 6.18 Å². The molecule has 2 heterocycles. The minimum Gasteiger partial charge on any atom is -0.395 e. The Morgan fingerprint density at radius 3 is 2.74 bits per heavy atom. The summed E-state index contributed by atoms with van der Waals surface area (Å²) in [4.78, 5) is 9.29. The quantitative estimate of drug-likeness (QED) is 0.896. The number of nitrogens with two attached hydrogens (primary N) is 1. The van der Waals surface area contributed by atoms with Crippen LogP contribution in [0.25, 0.3) is 10.2 Å². The van der Waals surface area contributed by atoms with Crippen LogP contribution in [0.3, 0.4) is 0 Å². The number of aromatic nitrogens is 2. The summed E-state index contributed by atoms with van der Waals surface area (Å²) in [6.45, 7) is -1.79. The van der Waals surface area contributed by atoms with Gasteiger partial charge in [-0.3, -0.25) is 0 Å². The van der Waals surface area contributed by atoms with Crippen LogP contribution in [0.15, 0.2) is 11.4 Å². The second-order valence-electron chi connectivity index (χ2n) is 3.81. The SMILES string of the molecule is Nc1nc(N(CCO)CC(F)(F)F)c2ccsc2n1. The molecule has 0 saturated heterocycles. The van der Waals surface area contributed by atoms with Gasteiger partial charge in [0.25, 0.3) is 0 Å². The Balaban J connectivity index is 2.45. The molecule has 0 saturated carbocycles. The summed E-state index contributed by atoms with van der Waals surface area (Å²) >= 11 is 1.27. The van der Waals surface area contributed by atoms with Gasteiger partial charge in [-0.2, -0.15) is 18.2 Å². The molecule has 0 radical (unpaired) electrons. The summed E-state index contributed by atoms with van der Waals surface area (Å²) in [5.41, 5.74) is 5.50. The monoisotopic (exact) mass is 292 g/mol. The molecule has 0 aliphatic carbocycles. The summed E-state index contributed by atoms with van der Waals surface area (Å²) in [6.07, 6.45) is -4.39. The fourth-order valence-corrected chi connectivity index (χ4v) is 2.46. The Hall–Kier alpha value is -1.61. The molecule has 0 fully saturated rings. The molecule has 2 rings (SSSR count). The molecule has 0 aromatic carbocycles. The number of thiophene rings is 1. The van der Waals surface area contributed by atoms with E-state index in [1.54, 1.807) is 11.4 Å². The molecule has 3 N–H and O–H groups in total. The second kappa shape index (κ2) is 5.17. The van der Waals surface area contributed by atoms with Crippen LogP contribution in [-0.4, -0.2) is 40.9 Å². The van der Waals surface area contributed by atoms with Crippen LogP contribution in [0.2, 0.25) is 0 Å². The molecule has 9 heteroatoms. The van der Waals surface area contributed by atoms with E-state index in [4.69, 9.17) is 10.8 Å². The summed E-state index contributed by atoms with van der Waals surface area (Å²) in [6, 6.07) is 1.63. The van der Waals surface area contributed by atoms with Gasteiger partial charge in [-0.15, -0.1) is 11.3 Å². The highest BCUT2D eigenvalue weighted by atomic mass is 32.1. The van der Waals surface area contributed by atoms with Crippen LogP contribution in [0.1, 0.15) is 0 Å². The Morgan fingerprint density at radius 1 is 1.37 bits per heavy atom. The maximum absolute atomic E-state index is 12.5. The van der Waals surface area contributed by atoms with Crippen molar-refractivity contribution in [1.82, 2.24) is 9.97 Å². The number of nitrogens with zero attached hydrogens (tertiary/aromatic N) is 3. The molecular formula is C10H11F3N4OS. The van der Waals surface area contributed by atoms with Crippen LogP contribution in [0.4, 0.5) is 24.9 Å². The van der Waals surface area contributed by atoms with Crippen molar-refractivity contribution in [3.63, 3.8) is 0 Å². The zero-order valence-electron chi connectivity index (χ0n) is 9.68. The third kappa shape index (κ3) is 3.24. The predicted molar refractivity (Wildman–Crippen MR) is 67.2 cm³/mol. The van der Waals surface area contributed by atoms with Crippen LogP contribution in [0, 0.1) is 0 Å². The topological polar surface area (TPSA) is 75.3 Å². The minimum atomic E-state index is -4.39. The molecule has 2 aromatic rings. The van der Waals surface area contributed by atoms with Crippen molar-refractivity contribution < 1.29 is 18.3 Å². The molecule has 0 atom stereocenters. The fraction of sp³-hybridized carbons (Fsp3) is 0.400. The molecule has 0 unspecified atom stereocenters. The number of nitrogen functional groups attached to an aromatic ring is 1. The lowest BCUT2D eigenvalue weighted by Crippen LogP contribution is -2.37. The zero-order chi connectivity index (χ0) is 14.0. The molecule has 5 nitrogen and oxygen atoms in total. The van der Waals surface area contributed by atoms with E-state index >= 15 is 0 Å². The van der Waals surface area contributed by atoms with Gasteiger partial charge in [-0.1, -0.05) is 0 Å². The molecule has 0 aliphatic heterocycles. The Bertz CT molecular complexity index is 571. The zero-order valence-corrected chi connectivity index (χ0v) is 10.5. The first kappa shape index (κ1) is 13.8. The predicted octanol–water partition coefficient (Wildman–Crippen LogP) is 1.63. The lowest BCUT2D eigenvalue weighted by Gasteiger charge is -2.24. The largest absolute Gasteiger partial charge is 0.405 e. The van der Waals surface area contributed by atoms with Gasteiger partial charge in [0.15, 0.2) is 0 Å². The number of rotatable bonds is 4. The highest BCUT2D eigenvalue weighted by Crippen LogP contribution is 2.30. The van der Waals surface area contributed by atoms with E-state index in [9.17, 15) is 13.2 Å². The maximum atomic E-state index is 12.5. The van der Waals surface area contributed by atoms with Crippen molar-refractivity contribution in [2.75, 3.05) is 30.3 Å². The summed E-state index contributed by atoms with van der Waals surface area (Å²) < 4.78 is 37.6. The van der Waals surface area contributed by atoms with E-state index in [1.165, 1.54) is 11.3 Å². The van der Waals surface area contributed by atoms with Crippen molar-refractivity contribution in [3.8, 4) is 0 Å². The lowest BCUT2D eigenvalue weighted by molar-refractivity contribution is -0.119. The van der Waals surface area contributed by atoms with E-state index in [1.807, 2.05) is 0 Å². The highest BCUT2D eigenvalue weighted by Gasteiger charge is 2.32. The molecule has 0 bridgehead atoms. The summed E-state index contributed by atoms with van der Waals surface area (Å²) in [7, 11) is 0. The van der Waals surface area contributed by atoms with Crippen LogP contribution in [0.5, 0.6) is 0 Å². The van der Waals surface area contributed by atoms with E-state index in [0.717, 1.165) is 4.90 Å². The number of hydrogen-bond donors (Lipinski definition) is 2. The van der Waals surface area contributed by atoms with Gasteiger partial charge in [0, 0.05) is 6.54 Å². The van der Waals surface area contributed by atoms with Gasteiger partial charge in [-0.25, -0.2) is 4.98 Å². The molecule has 104 valence electrons. The third-order valence-electron chi connectivity index (χ3n) is 2.36. The van der Waals surface area contributed by atoms with Crippen molar-refractivity contribution in [2.45, 2.75) is 6.18 Å². The molecule has 19 heavy (non-hydrogen) atoms. The van der Waals surface area contributed by atoms with Gasteiger partial charge in [0.05, 0.1) is 12.0 Å². The van der Waals surface area contributed by atoms with Crippen molar-refractivity contribution >= 4 is 33.3 Å². The number of hydrogen-bond acceptors (Lipinski definition) is 6. The summed E-state index contributed by atoms with van der Waals surface area (Å²) in [5.74, 6) is 0.00480. The summed E-state index contributed by atoms with van der Waals surface area (Å²) in [5, 5.41) is 11.1. The van der Waals surface area contributed by atoms with Crippen LogP contribution >= 0.6 is 11.3 Å². The first-order chi connectivity index (χ1) is 8.90. The van der Waals surface area contributed by atoms with Crippen LogP contribution < -0.4 is 10.6 Å². The Kier molecular flexibility index (Phi) is 3.76. The number of alkyl halides is 3. The van der Waals surface area contributed by atoms with Crippen LogP contribution in [-0.2, 0) is 0 Å². The number of aliphatic hydroxyl groups is 1. The van der Waals surface area contributed by atoms with Gasteiger partial charge in [0.1, 0.15) is 17.2 Å². The number of aliphatic hydroxyl groups excluding tert-OH is 1. The number of anilines is 2. The third-order valence-corrected chi connectivity index (χ3v) is 3.17. The van der Waals surface area contributed by atoms with Crippen molar-refractivity contribution in [3.05, 3.63) is 11.4 Å². The molecule has 0 amide bonds. The second-order valence-corrected chi connectivity index (χ2v) is 4.70. The average molecular weight is 292 g/mol. The number of fused-ring (bicyclic) bond motifs is 1. The molecular weight excluding hydrogens is 281 g/mol. The minimum absolute atomic E-state index is 0.0879. The van der Waals surface area contributed by atoms with Gasteiger partial charge < -0.3 is 15.7 Å². The van der Waals surface area contributed by atoms with Gasteiger partial charge in [0.2, 0.25) is 5.95 Å². The average Bonchev–Trinajstić information content (AvgIpc) is 2.73. The lowest BCUT2D eigenvalue weighted by atomic mass is 10.3. The van der Waals surface area contributed by atoms with Crippen molar-refractivity contribution in [1.29, 1.82) is 0 Å². The van der Waals surface area contributed by atoms with E-state index < -0.39 is 19.3 Å². The van der Waals surface area contributed by atoms with Crippen molar-refractivity contribution in [2.24, 2.45) is 0 Å². The first-order valence-corrected chi connectivity index (χ1v) is 6.22. The number of halogens is 3. The molecule has 0 aliphatic rings. The first-order valence-electron chi connectivity index (χ1n) is 5.34. The maximum Gasteiger partial charge on any atom is 0.405 e. The molecule has 2 aromatic heterocycles. The Morgan fingerprint density at radius 2 is 2.11 bits per heavy atom. The van der Waals surface area contributed by atoms with E-state index in [0.29, 0.717) is 10.2 Å². The smallest absolute Gasteiger partial charge is 0.395 e.